The van der Waals surface area contributed by atoms with Gasteiger partial charge in [0, 0.05) is 19.1 Å². The Balaban J connectivity index is 1.50. The van der Waals surface area contributed by atoms with Crippen LogP contribution in [0.15, 0.2) is 66.9 Å². The number of hydrogen-bond donors (Lipinski definition) is 0. The zero-order valence-corrected chi connectivity index (χ0v) is 15.6. The summed E-state index contributed by atoms with van der Waals surface area (Å²) < 4.78 is 11.1. The van der Waals surface area contributed by atoms with E-state index < -0.39 is 0 Å². The molecule has 3 aromatic rings. The number of aryl methyl sites for hydroxylation is 2. The molecule has 1 heterocycles. The molecule has 0 amide bonds. The minimum Gasteiger partial charge on any atom is -0.201 e. The molecule has 0 saturated heterocycles. The fraction of sp³-hybridized carbons (Fsp3) is 0.320. The van der Waals surface area contributed by atoms with Crippen LogP contribution in [0.2, 0.25) is 0 Å². The zero-order chi connectivity index (χ0) is 18.6. The molecule has 0 N–H and O–H groups in total. The maximum absolute atomic E-state index is 8.94. The SMILES string of the molecule is [2H]C1(c2ccc(-c3cc[n+](C)c(-c4ccccc4C)c3)cc2)CC2CC1C2. The van der Waals surface area contributed by atoms with E-state index in [-0.39, 0.29) is 5.89 Å². The summed E-state index contributed by atoms with van der Waals surface area (Å²) in [5, 5.41) is 0. The van der Waals surface area contributed by atoms with Crippen molar-refractivity contribution in [3.63, 3.8) is 0 Å². The predicted octanol–water partition coefficient (Wildman–Crippen LogP) is 5.67. The van der Waals surface area contributed by atoms with Crippen molar-refractivity contribution in [2.24, 2.45) is 18.9 Å². The largest absolute Gasteiger partial charge is 0.213 e. The molecule has 1 heteroatoms. The van der Waals surface area contributed by atoms with Crippen LogP contribution in [0.1, 0.15) is 37.7 Å². The first-order valence-electron chi connectivity index (χ1n) is 10.2. The average Bonchev–Trinajstić information content (AvgIpc) is 3.17. The van der Waals surface area contributed by atoms with Crippen LogP contribution < -0.4 is 4.57 Å². The Labute approximate surface area is 157 Å². The van der Waals surface area contributed by atoms with E-state index in [4.69, 9.17) is 1.37 Å². The second-order valence-corrected chi connectivity index (χ2v) is 8.07. The summed E-state index contributed by atoms with van der Waals surface area (Å²) in [4.78, 5) is 0. The predicted molar refractivity (Wildman–Crippen MR) is 107 cm³/mol. The number of nitrogens with zero attached hydrogens (tertiary/aromatic N) is 1. The van der Waals surface area contributed by atoms with E-state index in [0.29, 0.717) is 5.92 Å². The van der Waals surface area contributed by atoms with Gasteiger partial charge in [0.2, 0.25) is 5.69 Å². The Morgan fingerprint density at radius 1 is 0.923 bits per heavy atom. The van der Waals surface area contributed by atoms with E-state index in [2.05, 4.69) is 85.4 Å². The maximum atomic E-state index is 8.94. The van der Waals surface area contributed by atoms with Gasteiger partial charge in [-0.15, -0.1) is 0 Å². The van der Waals surface area contributed by atoms with Gasteiger partial charge in [-0.1, -0.05) is 42.5 Å². The Hall–Kier alpha value is -2.41. The van der Waals surface area contributed by atoms with Crippen molar-refractivity contribution in [2.75, 3.05) is 0 Å². The second kappa shape index (κ2) is 6.09. The molecule has 3 aliphatic rings. The quantitative estimate of drug-likeness (QED) is 0.541. The van der Waals surface area contributed by atoms with Crippen LogP contribution in [0, 0.1) is 18.8 Å². The molecule has 3 fully saturated rings. The van der Waals surface area contributed by atoms with Gasteiger partial charge in [-0.3, -0.25) is 0 Å². The summed E-state index contributed by atoms with van der Waals surface area (Å²) >= 11 is 0. The zero-order valence-electron chi connectivity index (χ0n) is 16.6. The molecule has 1 atom stereocenters. The molecule has 2 bridgehead atoms. The molecule has 3 saturated carbocycles. The summed E-state index contributed by atoms with van der Waals surface area (Å²) in [7, 11) is 2.10. The molecule has 2 aromatic carbocycles. The number of fused-ring (bicyclic) bond motifs is 1. The maximum Gasteiger partial charge on any atom is 0.213 e. The fourth-order valence-corrected chi connectivity index (χ4v) is 4.77. The van der Waals surface area contributed by atoms with Gasteiger partial charge in [0.05, 0.1) is 0 Å². The lowest BCUT2D eigenvalue weighted by Gasteiger charge is -2.24. The van der Waals surface area contributed by atoms with E-state index in [1.54, 1.807) is 0 Å². The Bertz CT molecular complexity index is 1000. The standard InChI is InChI=1S/C25H26N/c1-17-5-3-4-6-23(17)25-16-21(11-12-26(25)2)19-7-9-20(10-8-19)24-15-18-13-22(24)14-18/h3-12,16,18,22,24H,13-15H2,1-2H3/q+1/i24D. The first-order valence-corrected chi connectivity index (χ1v) is 9.71. The molecule has 6 rings (SSSR count). The molecule has 1 unspecified atom stereocenters. The molecule has 130 valence electrons. The van der Waals surface area contributed by atoms with Crippen LogP contribution >= 0.6 is 0 Å². The third-order valence-corrected chi connectivity index (χ3v) is 6.40. The van der Waals surface area contributed by atoms with Gasteiger partial charge in [0.25, 0.3) is 0 Å². The van der Waals surface area contributed by atoms with Crippen LogP contribution in [-0.4, -0.2) is 0 Å². The van der Waals surface area contributed by atoms with E-state index in [0.717, 1.165) is 12.3 Å². The Kier molecular flexibility index (Phi) is 3.45. The third-order valence-electron chi connectivity index (χ3n) is 6.40. The highest BCUT2D eigenvalue weighted by molar-refractivity contribution is 5.70. The molecule has 1 aromatic heterocycles. The Morgan fingerprint density at radius 3 is 2.38 bits per heavy atom. The molecule has 0 radical (unpaired) electrons. The van der Waals surface area contributed by atoms with E-state index in [1.165, 1.54) is 46.4 Å². The lowest BCUT2D eigenvalue weighted by molar-refractivity contribution is -0.660. The number of benzene rings is 2. The van der Waals surface area contributed by atoms with Gasteiger partial charge in [-0.25, -0.2) is 4.57 Å². The highest BCUT2D eigenvalue weighted by atomic mass is 14.9. The first kappa shape index (κ1) is 14.7. The normalized spacial score (nSPS) is 27.1. The smallest absolute Gasteiger partial charge is 0.201 e. The monoisotopic (exact) mass is 341 g/mol. The summed E-state index contributed by atoms with van der Waals surface area (Å²) in [5.74, 6) is 1.05. The van der Waals surface area contributed by atoms with Crippen molar-refractivity contribution >= 4 is 0 Å². The summed E-state index contributed by atoms with van der Waals surface area (Å²) in [5.41, 5.74) is 7.45. The molecular formula is C25H26N+. The lowest BCUT2D eigenvalue weighted by Crippen LogP contribution is -2.30. The summed E-state index contributed by atoms with van der Waals surface area (Å²) in [6, 6.07) is 21.8. The van der Waals surface area contributed by atoms with Crippen molar-refractivity contribution in [2.45, 2.75) is 32.1 Å². The third kappa shape index (κ3) is 2.58. The van der Waals surface area contributed by atoms with Crippen LogP contribution in [0.5, 0.6) is 0 Å². The van der Waals surface area contributed by atoms with Gasteiger partial charge >= 0.3 is 0 Å². The number of pyridine rings is 1. The second-order valence-electron chi connectivity index (χ2n) is 8.07. The summed E-state index contributed by atoms with van der Waals surface area (Å²) in [6.07, 6.45) is 5.72. The van der Waals surface area contributed by atoms with Gasteiger partial charge in [0.1, 0.15) is 7.05 Å². The van der Waals surface area contributed by atoms with Crippen LogP contribution in [0.4, 0.5) is 0 Å². The van der Waals surface area contributed by atoms with Crippen molar-refractivity contribution in [1.82, 2.24) is 0 Å². The minimum atomic E-state index is -0.335. The molecule has 0 spiro atoms. The highest BCUT2D eigenvalue weighted by Gasteiger charge is 2.44. The molecule has 3 aliphatic carbocycles. The average molecular weight is 341 g/mol. The van der Waals surface area contributed by atoms with Crippen LogP contribution in [0.3, 0.4) is 0 Å². The lowest BCUT2D eigenvalue weighted by atomic mass is 9.81. The minimum absolute atomic E-state index is 0.335. The number of aromatic nitrogens is 1. The van der Waals surface area contributed by atoms with Crippen molar-refractivity contribution < 1.29 is 5.94 Å². The van der Waals surface area contributed by atoms with E-state index >= 15 is 0 Å². The van der Waals surface area contributed by atoms with Gasteiger partial charge in [0.15, 0.2) is 6.20 Å². The summed E-state index contributed by atoms with van der Waals surface area (Å²) in [6.45, 7) is 2.16. The van der Waals surface area contributed by atoms with Crippen molar-refractivity contribution in [3.05, 3.63) is 78.0 Å². The fourth-order valence-electron chi connectivity index (χ4n) is 4.77. The van der Waals surface area contributed by atoms with Crippen molar-refractivity contribution in [3.8, 4) is 22.4 Å². The van der Waals surface area contributed by atoms with Gasteiger partial charge < -0.3 is 0 Å². The molecular weight excluding hydrogens is 314 g/mol. The molecule has 0 aliphatic heterocycles. The van der Waals surface area contributed by atoms with Gasteiger partial charge in [-0.2, -0.15) is 0 Å². The molecule has 1 nitrogen and oxygen atoms in total. The van der Waals surface area contributed by atoms with Gasteiger partial charge in [-0.05, 0) is 72.2 Å². The van der Waals surface area contributed by atoms with Crippen LogP contribution in [0.25, 0.3) is 22.4 Å². The van der Waals surface area contributed by atoms with Crippen molar-refractivity contribution in [1.29, 1.82) is 0 Å². The highest BCUT2D eigenvalue weighted by Crippen LogP contribution is 2.56. The first-order chi connectivity index (χ1) is 13.0. The number of hydrogen-bond acceptors (Lipinski definition) is 0. The number of rotatable bonds is 3. The van der Waals surface area contributed by atoms with Crippen LogP contribution in [-0.2, 0) is 7.05 Å². The topological polar surface area (TPSA) is 3.88 Å². The Morgan fingerprint density at radius 2 is 1.69 bits per heavy atom. The van der Waals surface area contributed by atoms with E-state index in [1.807, 2.05) is 0 Å². The van der Waals surface area contributed by atoms with E-state index in [9.17, 15) is 0 Å². The molecule has 26 heavy (non-hydrogen) atoms.